The summed E-state index contributed by atoms with van der Waals surface area (Å²) in [6, 6.07) is 19.1. The van der Waals surface area contributed by atoms with Crippen molar-refractivity contribution in [2.75, 3.05) is 24.3 Å². The van der Waals surface area contributed by atoms with Crippen molar-refractivity contribution in [2.45, 2.75) is 11.8 Å². The molecule has 0 saturated carbocycles. The lowest BCUT2D eigenvalue weighted by Gasteiger charge is -2.12. The molecule has 0 aromatic heterocycles. The Kier molecular flexibility index (Phi) is 7.24. The number of benzene rings is 3. The second kappa shape index (κ2) is 10.1. The Bertz CT molecular complexity index is 1240. The van der Waals surface area contributed by atoms with Gasteiger partial charge in [-0.05, 0) is 42.5 Å². The molecule has 8 nitrogen and oxygen atoms in total. The number of nitrogens with one attached hydrogen (secondary N) is 3. The summed E-state index contributed by atoms with van der Waals surface area (Å²) in [6.45, 7) is 1.90. The van der Waals surface area contributed by atoms with Gasteiger partial charge in [-0.15, -0.1) is 0 Å². The normalized spacial score (nSPS) is 10.9. The molecule has 0 bridgehead atoms. The molecular formula is C23H23N3O5S. The quantitative estimate of drug-likeness (QED) is 0.483. The summed E-state index contributed by atoms with van der Waals surface area (Å²) >= 11 is 0. The predicted octanol–water partition coefficient (Wildman–Crippen LogP) is 3.50. The standard InChI is InChI=1S/C23H23N3O5S/c1-3-24-32(29,30)19-11-6-8-16(14-19)22(27)26-21-13-5-4-12-20(21)23(28)25-17-9-7-10-18(15-17)31-2/h4-15,24H,3H2,1-2H3,(H,25,28)(H,26,27). The molecule has 0 saturated heterocycles. The van der Waals surface area contributed by atoms with Crippen molar-refractivity contribution in [3.8, 4) is 5.75 Å². The summed E-state index contributed by atoms with van der Waals surface area (Å²) in [5.74, 6) is -0.366. The number of hydrogen-bond donors (Lipinski definition) is 3. The summed E-state index contributed by atoms with van der Waals surface area (Å²) in [6.07, 6.45) is 0. The number of carbonyl (C=O) groups is 2. The van der Waals surface area contributed by atoms with E-state index < -0.39 is 21.8 Å². The van der Waals surface area contributed by atoms with E-state index in [-0.39, 0.29) is 28.3 Å². The fourth-order valence-corrected chi connectivity index (χ4v) is 4.05. The number of anilines is 2. The van der Waals surface area contributed by atoms with E-state index in [4.69, 9.17) is 4.74 Å². The first-order chi connectivity index (χ1) is 15.3. The average molecular weight is 454 g/mol. The Hall–Kier alpha value is -3.69. The molecule has 0 radical (unpaired) electrons. The highest BCUT2D eigenvalue weighted by atomic mass is 32.2. The smallest absolute Gasteiger partial charge is 0.257 e. The molecule has 0 aliphatic rings. The minimum atomic E-state index is -3.71. The van der Waals surface area contributed by atoms with Gasteiger partial charge in [-0.2, -0.15) is 0 Å². The van der Waals surface area contributed by atoms with E-state index in [2.05, 4.69) is 15.4 Å². The Labute approximate surface area is 186 Å². The largest absolute Gasteiger partial charge is 0.497 e. The van der Waals surface area contributed by atoms with Crippen LogP contribution in [-0.2, 0) is 10.0 Å². The summed E-state index contributed by atoms with van der Waals surface area (Å²) in [5.41, 5.74) is 1.22. The number of amides is 2. The van der Waals surface area contributed by atoms with Crippen molar-refractivity contribution in [1.82, 2.24) is 4.72 Å². The number of sulfonamides is 1. The maximum atomic E-state index is 12.8. The molecule has 0 spiro atoms. The van der Waals surface area contributed by atoms with Gasteiger partial charge in [-0.3, -0.25) is 9.59 Å². The lowest BCUT2D eigenvalue weighted by atomic mass is 10.1. The second-order valence-corrected chi connectivity index (χ2v) is 8.48. The molecule has 0 aliphatic carbocycles. The van der Waals surface area contributed by atoms with Crippen molar-refractivity contribution in [1.29, 1.82) is 0 Å². The van der Waals surface area contributed by atoms with Gasteiger partial charge in [0.1, 0.15) is 5.75 Å². The van der Waals surface area contributed by atoms with Gasteiger partial charge in [-0.25, -0.2) is 13.1 Å². The second-order valence-electron chi connectivity index (χ2n) is 6.71. The van der Waals surface area contributed by atoms with Crippen LogP contribution in [0.4, 0.5) is 11.4 Å². The molecular weight excluding hydrogens is 430 g/mol. The van der Waals surface area contributed by atoms with E-state index in [0.717, 1.165) is 0 Å². The monoisotopic (exact) mass is 453 g/mol. The van der Waals surface area contributed by atoms with E-state index in [1.807, 2.05) is 0 Å². The zero-order valence-electron chi connectivity index (χ0n) is 17.6. The number of methoxy groups -OCH3 is 1. The van der Waals surface area contributed by atoms with E-state index in [0.29, 0.717) is 11.4 Å². The van der Waals surface area contributed by atoms with Crippen LogP contribution in [0.5, 0.6) is 5.75 Å². The van der Waals surface area contributed by atoms with Gasteiger partial charge in [0.25, 0.3) is 11.8 Å². The van der Waals surface area contributed by atoms with Crippen LogP contribution in [0.25, 0.3) is 0 Å². The zero-order chi connectivity index (χ0) is 23.1. The minimum Gasteiger partial charge on any atom is -0.497 e. The molecule has 3 aromatic rings. The Balaban J connectivity index is 1.82. The van der Waals surface area contributed by atoms with Gasteiger partial charge in [0.05, 0.1) is 23.3 Å². The third-order valence-electron chi connectivity index (χ3n) is 4.49. The highest BCUT2D eigenvalue weighted by Crippen LogP contribution is 2.21. The van der Waals surface area contributed by atoms with Crippen molar-refractivity contribution >= 4 is 33.2 Å². The summed E-state index contributed by atoms with van der Waals surface area (Å²) in [5, 5.41) is 5.46. The van der Waals surface area contributed by atoms with E-state index in [1.54, 1.807) is 55.5 Å². The molecule has 0 fully saturated rings. The number of carbonyl (C=O) groups excluding carboxylic acids is 2. The minimum absolute atomic E-state index is 0.0175. The lowest BCUT2D eigenvalue weighted by molar-refractivity contribution is 0.102. The SMILES string of the molecule is CCNS(=O)(=O)c1cccc(C(=O)Nc2ccccc2C(=O)Nc2cccc(OC)c2)c1. The fraction of sp³-hybridized carbons (Fsp3) is 0.130. The highest BCUT2D eigenvalue weighted by Gasteiger charge is 2.17. The first kappa shape index (κ1) is 23.0. The highest BCUT2D eigenvalue weighted by molar-refractivity contribution is 7.89. The Morgan fingerprint density at radius 3 is 2.38 bits per heavy atom. The van der Waals surface area contributed by atoms with Crippen LogP contribution < -0.4 is 20.1 Å². The van der Waals surface area contributed by atoms with Crippen LogP contribution in [-0.4, -0.2) is 33.9 Å². The summed E-state index contributed by atoms with van der Waals surface area (Å²) in [4.78, 5) is 25.6. The third-order valence-corrected chi connectivity index (χ3v) is 6.03. The first-order valence-electron chi connectivity index (χ1n) is 9.79. The molecule has 0 aliphatic heterocycles. The first-order valence-corrected chi connectivity index (χ1v) is 11.3. The number of para-hydroxylation sites is 1. The molecule has 3 aromatic carbocycles. The van der Waals surface area contributed by atoms with Crippen molar-refractivity contribution in [2.24, 2.45) is 0 Å². The molecule has 9 heteroatoms. The third kappa shape index (κ3) is 5.51. The average Bonchev–Trinajstić information content (AvgIpc) is 2.79. The fourth-order valence-electron chi connectivity index (χ4n) is 2.96. The molecule has 0 heterocycles. The maximum absolute atomic E-state index is 12.8. The van der Waals surface area contributed by atoms with Gasteiger partial charge in [0.15, 0.2) is 0 Å². The van der Waals surface area contributed by atoms with Gasteiger partial charge in [0.2, 0.25) is 10.0 Å². The van der Waals surface area contributed by atoms with Crippen LogP contribution >= 0.6 is 0 Å². The summed E-state index contributed by atoms with van der Waals surface area (Å²) in [7, 11) is -2.17. The topological polar surface area (TPSA) is 114 Å². The number of hydrogen-bond acceptors (Lipinski definition) is 5. The van der Waals surface area contributed by atoms with Crippen molar-refractivity contribution in [3.05, 3.63) is 83.9 Å². The van der Waals surface area contributed by atoms with Crippen LogP contribution in [0, 0.1) is 0 Å². The zero-order valence-corrected chi connectivity index (χ0v) is 18.4. The van der Waals surface area contributed by atoms with E-state index in [1.165, 1.54) is 31.4 Å². The Morgan fingerprint density at radius 2 is 1.62 bits per heavy atom. The van der Waals surface area contributed by atoms with Crippen molar-refractivity contribution in [3.63, 3.8) is 0 Å². The molecule has 2 amide bonds. The van der Waals surface area contributed by atoms with Crippen LogP contribution in [0.15, 0.2) is 77.7 Å². The Morgan fingerprint density at radius 1 is 0.875 bits per heavy atom. The van der Waals surface area contributed by atoms with Gasteiger partial charge in [-0.1, -0.05) is 31.2 Å². The predicted molar refractivity (Wildman–Crippen MR) is 123 cm³/mol. The molecule has 166 valence electrons. The van der Waals surface area contributed by atoms with Crippen LogP contribution in [0.3, 0.4) is 0 Å². The van der Waals surface area contributed by atoms with Gasteiger partial charge in [0, 0.05) is 23.9 Å². The number of ether oxygens (including phenoxy) is 1. The van der Waals surface area contributed by atoms with Gasteiger partial charge >= 0.3 is 0 Å². The van der Waals surface area contributed by atoms with Crippen LogP contribution in [0.1, 0.15) is 27.6 Å². The molecule has 0 unspecified atom stereocenters. The van der Waals surface area contributed by atoms with Crippen molar-refractivity contribution < 1.29 is 22.7 Å². The molecule has 0 atom stereocenters. The maximum Gasteiger partial charge on any atom is 0.257 e. The molecule has 3 rings (SSSR count). The van der Waals surface area contributed by atoms with E-state index in [9.17, 15) is 18.0 Å². The molecule has 3 N–H and O–H groups in total. The summed E-state index contributed by atoms with van der Waals surface area (Å²) < 4.78 is 32.0. The van der Waals surface area contributed by atoms with Gasteiger partial charge < -0.3 is 15.4 Å². The van der Waals surface area contributed by atoms with E-state index >= 15 is 0 Å². The lowest BCUT2D eigenvalue weighted by Crippen LogP contribution is -2.23. The van der Waals surface area contributed by atoms with Crippen LogP contribution in [0.2, 0.25) is 0 Å². The molecule has 32 heavy (non-hydrogen) atoms. The number of rotatable bonds is 8.